The summed E-state index contributed by atoms with van der Waals surface area (Å²) in [4.78, 5) is 23.8. The largest absolute Gasteiger partial charge is 0.483 e. The smallest absolute Gasteiger partial charge is 0.277 e. The monoisotopic (exact) mass is 407 g/mol. The van der Waals surface area contributed by atoms with Crippen LogP contribution in [0.15, 0.2) is 47.6 Å². The van der Waals surface area contributed by atoms with Crippen LogP contribution in [0.1, 0.15) is 18.9 Å². The van der Waals surface area contributed by atoms with Crippen LogP contribution in [0.3, 0.4) is 0 Å². The highest BCUT2D eigenvalue weighted by molar-refractivity contribution is 6.42. The Morgan fingerprint density at radius 1 is 1.07 bits per heavy atom. The molecule has 8 heteroatoms. The molecule has 2 aromatic rings. The maximum absolute atomic E-state index is 12.0. The predicted octanol–water partition coefficient (Wildman–Crippen LogP) is 4.20. The van der Waals surface area contributed by atoms with Crippen molar-refractivity contribution in [2.75, 3.05) is 11.9 Å². The number of ether oxygens (including phenoxy) is 1. The molecule has 2 aromatic carbocycles. The molecule has 0 fully saturated rings. The van der Waals surface area contributed by atoms with E-state index in [4.69, 9.17) is 27.9 Å². The number of hydrazone groups is 1. The third kappa shape index (κ3) is 6.92. The van der Waals surface area contributed by atoms with Crippen molar-refractivity contribution in [3.8, 4) is 5.75 Å². The van der Waals surface area contributed by atoms with Crippen LogP contribution in [0.4, 0.5) is 5.69 Å². The Hall–Kier alpha value is -2.57. The van der Waals surface area contributed by atoms with Crippen LogP contribution in [0.5, 0.6) is 5.75 Å². The number of aryl methyl sites for hydroxylation is 1. The van der Waals surface area contributed by atoms with Gasteiger partial charge < -0.3 is 10.1 Å². The number of benzene rings is 2. The summed E-state index contributed by atoms with van der Waals surface area (Å²) in [5.74, 6) is -0.0723. The molecule has 0 spiro atoms. The summed E-state index contributed by atoms with van der Waals surface area (Å²) in [5.41, 5.74) is 4.26. The zero-order valence-electron chi connectivity index (χ0n) is 14.9. The molecule has 2 N–H and O–H groups in total. The van der Waals surface area contributed by atoms with Gasteiger partial charge in [0.05, 0.1) is 16.5 Å². The molecule has 27 heavy (non-hydrogen) atoms. The Labute approximate surface area is 167 Å². The average Bonchev–Trinajstić information content (AvgIpc) is 2.62. The van der Waals surface area contributed by atoms with Crippen molar-refractivity contribution in [1.82, 2.24) is 5.43 Å². The van der Waals surface area contributed by atoms with E-state index in [0.717, 1.165) is 5.56 Å². The minimum atomic E-state index is -0.414. The predicted molar refractivity (Wildman–Crippen MR) is 108 cm³/mol. The number of rotatable bonds is 7. The molecule has 0 unspecified atom stereocenters. The third-order valence-corrected chi connectivity index (χ3v) is 4.18. The van der Waals surface area contributed by atoms with Crippen molar-refractivity contribution < 1.29 is 14.3 Å². The van der Waals surface area contributed by atoms with Crippen molar-refractivity contribution in [3.63, 3.8) is 0 Å². The van der Waals surface area contributed by atoms with Gasteiger partial charge in [0.15, 0.2) is 6.61 Å². The third-order valence-electron chi connectivity index (χ3n) is 3.44. The van der Waals surface area contributed by atoms with Gasteiger partial charge in [-0.3, -0.25) is 9.59 Å². The molecule has 0 atom stereocenters. The number of amides is 2. The van der Waals surface area contributed by atoms with Crippen molar-refractivity contribution in [1.29, 1.82) is 0 Å². The highest BCUT2D eigenvalue weighted by atomic mass is 35.5. The van der Waals surface area contributed by atoms with Gasteiger partial charge in [0.1, 0.15) is 5.75 Å². The lowest BCUT2D eigenvalue weighted by Crippen LogP contribution is -2.26. The van der Waals surface area contributed by atoms with Crippen LogP contribution in [0, 0.1) is 6.92 Å². The summed E-state index contributed by atoms with van der Waals surface area (Å²) >= 11 is 11.7. The molecule has 0 aliphatic heterocycles. The minimum absolute atomic E-state index is 0.0131. The number of para-hydroxylation sites is 1. The summed E-state index contributed by atoms with van der Waals surface area (Å²) in [5, 5.41) is 7.34. The standard InChI is InChI=1S/C19H19Cl2N3O3/c1-12-5-3-4-6-17(12)27-11-19(26)24-23-13(2)9-18(25)22-14-7-8-15(20)16(21)10-14/h3-8,10H,9,11H2,1-2H3,(H,22,25)(H,24,26)/b23-13-. The molecule has 2 rings (SSSR count). The number of carbonyl (C=O) groups is 2. The van der Waals surface area contributed by atoms with E-state index in [1.165, 1.54) is 0 Å². The fourth-order valence-corrected chi connectivity index (χ4v) is 2.40. The number of carbonyl (C=O) groups excluding carboxylic acids is 2. The van der Waals surface area contributed by atoms with E-state index in [2.05, 4.69) is 15.8 Å². The lowest BCUT2D eigenvalue weighted by atomic mass is 10.2. The molecule has 142 valence electrons. The Morgan fingerprint density at radius 3 is 2.52 bits per heavy atom. The van der Waals surface area contributed by atoms with Crippen LogP contribution < -0.4 is 15.5 Å². The van der Waals surface area contributed by atoms with Crippen molar-refractivity contribution in [2.45, 2.75) is 20.3 Å². The summed E-state index contributed by atoms with van der Waals surface area (Å²) in [6, 6.07) is 12.2. The maximum atomic E-state index is 12.0. The second kappa shape index (κ2) is 9.94. The Kier molecular flexibility index (Phi) is 7.64. The van der Waals surface area contributed by atoms with Crippen LogP contribution in [0.25, 0.3) is 0 Å². The quantitative estimate of drug-likeness (QED) is 0.532. The molecule has 6 nitrogen and oxygen atoms in total. The Bertz CT molecular complexity index is 869. The lowest BCUT2D eigenvalue weighted by molar-refractivity contribution is -0.123. The molecular weight excluding hydrogens is 389 g/mol. The molecule has 0 saturated carbocycles. The second-order valence-corrected chi connectivity index (χ2v) is 6.60. The molecule has 0 heterocycles. The maximum Gasteiger partial charge on any atom is 0.277 e. The molecule has 0 radical (unpaired) electrons. The van der Waals surface area contributed by atoms with Gasteiger partial charge in [0.25, 0.3) is 5.91 Å². The van der Waals surface area contributed by atoms with Gasteiger partial charge in [0, 0.05) is 11.4 Å². The number of hydrogen-bond donors (Lipinski definition) is 2. The molecular formula is C19H19Cl2N3O3. The van der Waals surface area contributed by atoms with Crippen molar-refractivity contribution in [3.05, 3.63) is 58.1 Å². The van der Waals surface area contributed by atoms with Crippen molar-refractivity contribution in [2.24, 2.45) is 5.10 Å². The molecule has 0 saturated heterocycles. The van der Waals surface area contributed by atoms with E-state index in [0.29, 0.717) is 27.2 Å². The topological polar surface area (TPSA) is 79.8 Å². The summed E-state index contributed by atoms with van der Waals surface area (Å²) in [7, 11) is 0. The van der Waals surface area contributed by atoms with Gasteiger partial charge in [-0.05, 0) is 43.7 Å². The minimum Gasteiger partial charge on any atom is -0.483 e. The Morgan fingerprint density at radius 2 is 1.81 bits per heavy atom. The first-order valence-electron chi connectivity index (χ1n) is 8.10. The Balaban J connectivity index is 1.78. The number of nitrogens with zero attached hydrogens (tertiary/aromatic N) is 1. The first-order valence-corrected chi connectivity index (χ1v) is 8.86. The van der Waals surface area contributed by atoms with Gasteiger partial charge in [0.2, 0.25) is 5.91 Å². The zero-order valence-corrected chi connectivity index (χ0v) is 16.4. The first-order chi connectivity index (χ1) is 12.8. The lowest BCUT2D eigenvalue weighted by Gasteiger charge is -2.08. The summed E-state index contributed by atoms with van der Waals surface area (Å²) in [6.07, 6.45) is 0.0131. The fraction of sp³-hybridized carbons (Fsp3) is 0.211. The molecule has 0 aliphatic rings. The first kappa shape index (κ1) is 20.7. The van der Waals surface area contributed by atoms with E-state index in [9.17, 15) is 9.59 Å². The second-order valence-electron chi connectivity index (χ2n) is 5.79. The van der Waals surface area contributed by atoms with Crippen molar-refractivity contribution >= 4 is 46.4 Å². The van der Waals surface area contributed by atoms with Gasteiger partial charge in [-0.1, -0.05) is 41.4 Å². The van der Waals surface area contributed by atoms with Gasteiger partial charge in [-0.2, -0.15) is 5.10 Å². The van der Waals surface area contributed by atoms with E-state index < -0.39 is 5.91 Å². The van der Waals surface area contributed by atoms with E-state index in [1.807, 2.05) is 25.1 Å². The average molecular weight is 408 g/mol. The van der Waals surface area contributed by atoms with Crippen LogP contribution in [0.2, 0.25) is 10.0 Å². The normalized spacial score (nSPS) is 11.0. The summed E-state index contributed by atoms with van der Waals surface area (Å²) in [6.45, 7) is 3.36. The fourth-order valence-electron chi connectivity index (χ4n) is 2.10. The SMILES string of the molecule is C/C(CC(=O)Nc1ccc(Cl)c(Cl)c1)=N/NC(=O)COc1ccccc1C. The highest BCUT2D eigenvalue weighted by Gasteiger charge is 2.08. The van der Waals surface area contributed by atoms with Crippen LogP contribution in [-0.4, -0.2) is 24.1 Å². The zero-order chi connectivity index (χ0) is 19.8. The van der Waals surface area contributed by atoms with E-state index >= 15 is 0 Å². The molecule has 0 aliphatic carbocycles. The molecule has 0 aromatic heterocycles. The van der Waals surface area contributed by atoms with Gasteiger partial charge in [-0.15, -0.1) is 0 Å². The van der Waals surface area contributed by atoms with E-state index in [1.54, 1.807) is 31.2 Å². The number of halogens is 2. The summed E-state index contributed by atoms with van der Waals surface area (Å²) < 4.78 is 5.43. The van der Waals surface area contributed by atoms with Gasteiger partial charge in [-0.25, -0.2) is 5.43 Å². The number of anilines is 1. The number of hydrogen-bond acceptors (Lipinski definition) is 4. The van der Waals surface area contributed by atoms with Crippen LogP contribution >= 0.6 is 23.2 Å². The molecule has 0 bridgehead atoms. The highest BCUT2D eigenvalue weighted by Crippen LogP contribution is 2.25. The van der Waals surface area contributed by atoms with E-state index in [-0.39, 0.29) is 18.9 Å². The number of nitrogens with one attached hydrogen (secondary N) is 2. The molecule has 2 amide bonds. The van der Waals surface area contributed by atoms with Crippen LogP contribution in [-0.2, 0) is 9.59 Å². The van der Waals surface area contributed by atoms with Gasteiger partial charge >= 0.3 is 0 Å².